The standard InChI is InChI=1S/C23H20N2O3/c1-16-8-10-17(11-9-16)25-22(26)20-7-3-2-6-19(20)21(23(25)27)15-24-13-12-18-5-4-14-28-18/h2-11,14-15,21H,12-13H2,1H3/t21-/m0/s1. The molecule has 0 spiro atoms. The zero-order chi connectivity index (χ0) is 19.5. The van der Waals surface area contributed by atoms with Crippen LogP contribution in [0.5, 0.6) is 0 Å². The Morgan fingerprint density at radius 3 is 2.57 bits per heavy atom. The van der Waals surface area contributed by atoms with Crippen LogP contribution in [0.4, 0.5) is 5.69 Å². The number of aliphatic imine (C=N–C) groups is 1. The number of imide groups is 1. The Balaban J connectivity index is 1.64. The summed E-state index contributed by atoms with van der Waals surface area (Å²) in [5.74, 6) is -0.324. The lowest BCUT2D eigenvalue weighted by molar-refractivity contribution is -0.118. The second-order valence-electron chi connectivity index (χ2n) is 6.76. The molecule has 2 amide bonds. The molecule has 0 radical (unpaired) electrons. The minimum absolute atomic E-state index is 0.283. The average Bonchev–Trinajstić information content (AvgIpc) is 3.22. The van der Waals surface area contributed by atoms with Gasteiger partial charge in [0.1, 0.15) is 5.76 Å². The molecule has 0 saturated heterocycles. The molecule has 28 heavy (non-hydrogen) atoms. The number of hydrogen-bond acceptors (Lipinski definition) is 4. The fourth-order valence-corrected chi connectivity index (χ4v) is 3.35. The maximum atomic E-state index is 13.2. The summed E-state index contributed by atoms with van der Waals surface area (Å²) in [6, 6.07) is 18.3. The summed E-state index contributed by atoms with van der Waals surface area (Å²) in [7, 11) is 0. The summed E-state index contributed by atoms with van der Waals surface area (Å²) < 4.78 is 5.31. The largest absolute Gasteiger partial charge is 0.469 e. The lowest BCUT2D eigenvalue weighted by Crippen LogP contribution is -2.45. The van der Waals surface area contributed by atoms with E-state index >= 15 is 0 Å². The van der Waals surface area contributed by atoms with Crippen LogP contribution < -0.4 is 4.90 Å². The van der Waals surface area contributed by atoms with Crippen LogP contribution in [-0.2, 0) is 11.2 Å². The van der Waals surface area contributed by atoms with E-state index in [9.17, 15) is 9.59 Å². The predicted molar refractivity (Wildman–Crippen MR) is 108 cm³/mol. The highest BCUT2D eigenvalue weighted by Gasteiger charge is 2.38. The Labute approximate surface area is 163 Å². The highest BCUT2D eigenvalue weighted by atomic mass is 16.3. The highest BCUT2D eigenvalue weighted by molar-refractivity contribution is 6.29. The lowest BCUT2D eigenvalue weighted by Gasteiger charge is -2.31. The number of amides is 2. The number of fused-ring (bicyclic) bond motifs is 1. The van der Waals surface area contributed by atoms with Crippen molar-refractivity contribution >= 4 is 23.7 Å². The second kappa shape index (κ2) is 7.64. The molecule has 5 heteroatoms. The molecule has 4 rings (SSSR count). The van der Waals surface area contributed by atoms with Gasteiger partial charge in [0.05, 0.1) is 17.9 Å². The van der Waals surface area contributed by atoms with E-state index in [0.717, 1.165) is 11.3 Å². The van der Waals surface area contributed by atoms with Crippen molar-refractivity contribution < 1.29 is 14.0 Å². The van der Waals surface area contributed by atoms with Gasteiger partial charge >= 0.3 is 0 Å². The maximum absolute atomic E-state index is 13.2. The molecule has 5 nitrogen and oxygen atoms in total. The molecule has 2 aromatic carbocycles. The Bertz CT molecular complexity index is 1020. The Morgan fingerprint density at radius 1 is 1.04 bits per heavy atom. The number of carbonyl (C=O) groups excluding carboxylic acids is 2. The summed E-state index contributed by atoms with van der Waals surface area (Å²) >= 11 is 0. The second-order valence-corrected chi connectivity index (χ2v) is 6.76. The molecule has 0 unspecified atom stereocenters. The number of carbonyl (C=O) groups is 2. The van der Waals surface area contributed by atoms with Gasteiger partial charge in [-0.25, -0.2) is 4.90 Å². The zero-order valence-electron chi connectivity index (χ0n) is 15.5. The van der Waals surface area contributed by atoms with Crippen molar-refractivity contribution in [3.63, 3.8) is 0 Å². The smallest absolute Gasteiger partial charge is 0.265 e. The van der Waals surface area contributed by atoms with E-state index in [2.05, 4.69) is 4.99 Å². The Morgan fingerprint density at radius 2 is 1.82 bits per heavy atom. The van der Waals surface area contributed by atoms with E-state index in [0.29, 0.717) is 29.8 Å². The number of furan rings is 1. The monoisotopic (exact) mass is 372 g/mol. The minimum atomic E-state index is -0.591. The molecule has 140 valence electrons. The molecule has 0 saturated carbocycles. The van der Waals surface area contributed by atoms with E-state index in [1.165, 1.54) is 4.90 Å². The van der Waals surface area contributed by atoms with Gasteiger partial charge in [-0.2, -0.15) is 0 Å². The number of nitrogens with zero attached hydrogens (tertiary/aromatic N) is 2. The first-order chi connectivity index (χ1) is 13.6. The molecule has 0 aliphatic carbocycles. The van der Waals surface area contributed by atoms with Gasteiger partial charge in [-0.3, -0.25) is 14.6 Å². The van der Waals surface area contributed by atoms with Gasteiger partial charge in [0.2, 0.25) is 5.91 Å². The fraction of sp³-hybridized carbons (Fsp3) is 0.174. The van der Waals surface area contributed by atoms with Crippen LogP contribution in [0, 0.1) is 6.92 Å². The highest BCUT2D eigenvalue weighted by Crippen LogP contribution is 2.32. The Hall–Kier alpha value is -3.47. The quantitative estimate of drug-likeness (QED) is 0.499. The van der Waals surface area contributed by atoms with E-state index in [-0.39, 0.29) is 11.8 Å². The zero-order valence-corrected chi connectivity index (χ0v) is 15.5. The van der Waals surface area contributed by atoms with Gasteiger partial charge in [-0.15, -0.1) is 0 Å². The average molecular weight is 372 g/mol. The molecule has 0 N–H and O–H groups in total. The summed E-state index contributed by atoms with van der Waals surface area (Å²) in [6.07, 6.45) is 3.94. The normalized spacial score (nSPS) is 16.6. The summed E-state index contributed by atoms with van der Waals surface area (Å²) in [5.41, 5.74) is 2.87. The van der Waals surface area contributed by atoms with E-state index in [4.69, 9.17) is 4.42 Å². The number of aryl methyl sites for hydroxylation is 1. The molecule has 0 bridgehead atoms. The van der Waals surface area contributed by atoms with Crippen LogP contribution >= 0.6 is 0 Å². The third-order valence-electron chi connectivity index (χ3n) is 4.83. The number of hydrogen-bond donors (Lipinski definition) is 0. The Kier molecular flexibility index (Phi) is 4.89. The maximum Gasteiger partial charge on any atom is 0.265 e. The van der Waals surface area contributed by atoms with Crippen LogP contribution in [0.2, 0.25) is 0 Å². The van der Waals surface area contributed by atoms with Crippen molar-refractivity contribution in [1.29, 1.82) is 0 Å². The van der Waals surface area contributed by atoms with Crippen LogP contribution in [0.1, 0.15) is 33.2 Å². The summed E-state index contributed by atoms with van der Waals surface area (Å²) in [6.45, 7) is 2.48. The molecule has 2 heterocycles. The van der Waals surface area contributed by atoms with Crippen molar-refractivity contribution in [3.8, 4) is 0 Å². The summed E-state index contributed by atoms with van der Waals surface area (Å²) in [4.78, 5) is 31.9. The van der Waals surface area contributed by atoms with Crippen LogP contribution in [0.3, 0.4) is 0 Å². The van der Waals surface area contributed by atoms with Gasteiger partial charge < -0.3 is 4.42 Å². The van der Waals surface area contributed by atoms with Crippen LogP contribution in [-0.4, -0.2) is 24.6 Å². The lowest BCUT2D eigenvalue weighted by atomic mass is 9.89. The van der Waals surface area contributed by atoms with Crippen LogP contribution in [0.15, 0.2) is 76.3 Å². The first-order valence-electron chi connectivity index (χ1n) is 9.21. The third kappa shape index (κ3) is 3.39. The number of benzene rings is 2. The molecule has 1 aliphatic rings. The molecular weight excluding hydrogens is 352 g/mol. The minimum Gasteiger partial charge on any atom is -0.469 e. The molecule has 1 aliphatic heterocycles. The van der Waals surface area contributed by atoms with Gasteiger partial charge in [-0.05, 0) is 42.8 Å². The van der Waals surface area contributed by atoms with Crippen molar-refractivity contribution in [2.75, 3.05) is 11.4 Å². The molecule has 0 fully saturated rings. The first kappa shape index (κ1) is 17.9. The van der Waals surface area contributed by atoms with Crippen molar-refractivity contribution in [2.24, 2.45) is 4.99 Å². The van der Waals surface area contributed by atoms with E-state index in [1.54, 1.807) is 30.7 Å². The van der Waals surface area contributed by atoms with E-state index < -0.39 is 5.92 Å². The fourth-order valence-electron chi connectivity index (χ4n) is 3.35. The molecule has 1 atom stereocenters. The molecule has 1 aromatic heterocycles. The molecular formula is C23H20N2O3. The van der Waals surface area contributed by atoms with Gasteiger partial charge in [0, 0.05) is 24.7 Å². The predicted octanol–water partition coefficient (Wildman–Crippen LogP) is 4.17. The molecule has 3 aromatic rings. The SMILES string of the molecule is Cc1ccc(N2C(=O)c3ccccc3[C@H](C=NCCc3ccco3)C2=O)cc1. The summed E-state index contributed by atoms with van der Waals surface area (Å²) in [5, 5.41) is 0. The van der Waals surface area contributed by atoms with Crippen molar-refractivity contribution in [3.05, 3.63) is 89.4 Å². The van der Waals surface area contributed by atoms with Crippen molar-refractivity contribution in [1.82, 2.24) is 0 Å². The number of rotatable bonds is 5. The van der Waals surface area contributed by atoms with Gasteiger partial charge in [0.25, 0.3) is 5.91 Å². The van der Waals surface area contributed by atoms with Crippen molar-refractivity contribution in [2.45, 2.75) is 19.3 Å². The van der Waals surface area contributed by atoms with E-state index in [1.807, 2.05) is 49.4 Å². The number of anilines is 1. The van der Waals surface area contributed by atoms with Gasteiger partial charge in [-0.1, -0.05) is 35.9 Å². The van der Waals surface area contributed by atoms with Crippen LogP contribution in [0.25, 0.3) is 0 Å². The topological polar surface area (TPSA) is 62.9 Å². The van der Waals surface area contributed by atoms with Gasteiger partial charge in [0.15, 0.2) is 0 Å². The third-order valence-corrected chi connectivity index (χ3v) is 4.83. The first-order valence-corrected chi connectivity index (χ1v) is 9.21.